The van der Waals surface area contributed by atoms with Crippen molar-refractivity contribution in [1.82, 2.24) is 15.0 Å². The lowest BCUT2D eigenvalue weighted by Crippen LogP contribution is -2.25. The summed E-state index contributed by atoms with van der Waals surface area (Å²) in [7, 11) is 0. The van der Waals surface area contributed by atoms with E-state index < -0.39 is 0 Å². The molecule has 0 saturated carbocycles. The lowest BCUT2D eigenvalue weighted by molar-refractivity contribution is 0.535. The van der Waals surface area contributed by atoms with Crippen molar-refractivity contribution >= 4 is 59.3 Å². The standard InChI is InChI=1S/C44H29N3OS/c1-44(24-10-17-36-40(44)32-13-5-7-16-35(32)48-36)31-23-22-28-25-30(21-20-29(28)26-31)42-45-41(27-11-3-2-4-12-27)46-43(47-42)34-15-9-19-38-39(34)33-14-6-8-18-37(33)49-38/h2-23,25-26H,24H2,1H3. The summed E-state index contributed by atoms with van der Waals surface area (Å²) < 4.78 is 8.76. The molecule has 0 spiro atoms. The van der Waals surface area contributed by atoms with Gasteiger partial charge in [-0.3, -0.25) is 0 Å². The first-order valence-corrected chi connectivity index (χ1v) is 17.4. The van der Waals surface area contributed by atoms with Crippen LogP contribution in [-0.2, 0) is 5.41 Å². The molecular formula is C44H29N3OS. The van der Waals surface area contributed by atoms with Gasteiger partial charge in [0.1, 0.15) is 11.3 Å². The molecule has 0 radical (unpaired) electrons. The van der Waals surface area contributed by atoms with Gasteiger partial charge in [-0.15, -0.1) is 11.3 Å². The number of nitrogens with zero attached hydrogens (tertiary/aromatic N) is 3. The number of allylic oxidation sites excluding steroid dienone is 1. The van der Waals surface area contributed by atoms with Crippen LogP contribution >= 0.6 is 11.3 Å². The molecule has 0 bridgehead atoms. The Morgan fingerprint density at radius 2 is 1.33 bits per heavy atom. The highest BCUT2D eigenvalue weighted by Crippen LogP contribution is 2.47. The van der Waals surface area contributed by atoms with Gasteiger partial charge in [0, 0.05) is 53.2 Å². The summed E-state index contributed by atoms with van der Waals surface area (Å²) in [5, 5.41) is 5.91. The van der Waals surface area contributed by atoms with E-state index in [0.717, 1.165) is 39.8 Å². The third-order valence-electron chi connectivity index (χ3n) is 10.0. The van der Waals surface area contributed by atoms with E-state index in [0.29, 0.717) is 17.5 Å². The molecule has 3 aromatic heterocycles. The van der Waals surface area contributed by atoms with Gasteiger partial charge in [-0.05, 0) is 53.1 Å². The second kappa shape index (κ2) is 10.8. The van der Waals surface area contributed by atoms with Crippen LogP contribution in [0.3, 0.4) is 0 Å². The number of benzene rings is 6. The van der Waals surface area contributed by atoms with Crippen LogP contribution in [0.5, 0.6) is 0 Å². The maximum absolute atomic E-state index is 6.28. The van der Waals surface area contributed by atoms with Gasteiger partial charge in [0.05, 0.1) is 0 Å². The molecule has 0 saturated heterocycles. The smallest absolute Gasteiger partial charge is 0.164 e. The molecule has 4 nitrogen and oxygen atoms in total. The zero-order valence-electron chi connectivity index (χ0n) is 26.7. The van der Waals surface area contributed by atoms with E-state index in [4.69, 9.17) is 19.4 Å². The molecule has 232 valence electrons. The number of hydrogen-bond donors (Lipinski definition) is 0. The van der Waals surface area contributed by atoms with Gasteiger partial charge in [-0.25, -0.2) is 15.0 Å². The highest BCUT2D eigenvalue weighted by atomic mass is 32.1. The second-order valence-corrected chi connectivity index (χ2v) is 14.1. The first kappa shape index (κ1) is 28.1. The predicted octanol–water partition coefficient (Wildman–Crippen LogP) is 11.9. The molecule has 49 heavy (non-hydrogen) atoms. The first-order chi connectivity index (χ1) is 24.1. The van der Waals surface area contributed by atoms with Gasteiger partial charge in [0.15, 0.2) is 17.5 Å². The molecule has 1 atom stereocenters. The zero-order valence-corrected chi connectivity index (χ0v) is 27.5. The highest BCUT2D eigenvalue weighted by molar-refractivity contribution is 7.25. The van der Waals surface area contributed by atoms with Crippen LogP contribution in [0.25, 0.3) is 82.2 Å². The molecule has 0 aliphatic heterocycles. The Balaban J connectivity index is 1.11. The van der Waals surface area contributed by atoms with Crippen LogP contribution in [0.2, 0.25) is 0 Å². The molecule has 3 heterocycles. The fraction of sp³-hybridized carbons (Fsp3) is 0.0682. The number of para-hydroxylation sites is 1. The average Bonchev–Trinajstić information content (AvgIpc) is 3.74. The number of rotatable bonds is 4. The van der Waals surface area contributed by atoms with Gasteiger partial charge in [-0.1, -0.05) is 122 Å². The minimum atomic E-state index is -0.204. The summed E-state index contributed by atoms with van der Waals surface area (Å²) in [4.78, 5) is 15.3. The zero-order chi connectivity index (χ0) is 32.5. The van der Waals surface area contributed by atoms with Gasteiger partial charge >= 0.3 is 0 Å². The van der Waals surface area contributed by atoms with E-state index in [-0.39, 0.29) is 5.41 Å². The predicted molar refractivity (Wildman–Crippen MR) is 203 cm³/mol. The number of fused-ring (bicyclic) bond motifs is 7. The van der Waals surface area contributed by atoms with Crippen molar-refractivity contribution in [3.05, 3.63) is 156 Å². The molecule has 1 aliphatic carbocycles. The summed E-state index contributed by atoms with van der Waals surface area (Å²) in [5.41, 5.74) is 6.20. The number of furan rings is 1. The van der Waals surface area contributed by atoms with Gasteiger partial charge < -0.3 is 4.42 Å². The molecule has 1 unspecified atom stereocenters. The second-order valence-electron chi connectivity index (χ2n) is 13.0. The van der Waals surface area contributed by atoms with E-state index in [1.54, 1.807) is 11.3 Å². The van der Waals surface area contributed by atoms with Crippen LogP contribution < -0.4 is 0 Å². The van der Waals surface area contributed by atoms with Crippen molar-refractivity contribution in [2.75, 3.05) is 0 Å². The van der Waals surface area contributed by atoms with Gasteiger partial charge in [0.2, 0.25) is 0 Å². The molecule has 6 aromatic carbocycles. The molecule has 0 N–H and O–H groups in total. The molecule has 0 fully saturated rings. The molecule has 9 aromatic rings. The quantitative estimate of drug-likeness (QED) is 0.191. The molecule has 1 aliphatic rings. The Hall–Kier alpha value is -5.91. The van der Waals surface area contributed by atoms with Crippen molar-refractivity contribution < 1.29 is 4.42 Å². The van der Waals surface area contributed by atoms with Crippen molar-refractivity contribution in [1.29, 1.82) is 0 Å². The first-order valence-electron chi connectivity index (χ1n) is 16.6. The summed E-state index contributed by atoms with van der Waals surface area (Å²) >= 11 is 1.80. The molecule has 10 rings (SSSR count). The van der Waals surface area contributed by atoms with Crippen LogP contribution in [-0.4, -0.2) is 15.0 Å². The monoisotopic (exact) mass is 647 g/mol. The number of hydrogen-bond acceptors (Lipinski definition) is 5. The lowest BCUT2D eigenvalue weighted by atomic mass is 9.70. The normalized spacial score (nSPS) is 15.8. The van der Waals surface area contributed by atoms with Crippen molar-refractivity contribution in [2.45, 2.75) is 18.8 Å². The molecular weight excluding hydrogens is 619 g/mol. The lowest BCUT2D eigenvalue weighted by Gasteiger charge is -2.32. The Kier molecular flexibility index (Phi) is 6.21. The SMILES string of the molecule is CC1(c2ccc3cc(-c4nc(-c5ccccc5)nc(-c5cccc6sc7ccccc7c56)n4)ccc3c2)CC=Cc2oc3ccccc3c21. The topological polar surface area (TPSA) is 51.8 Å². The molecule has 5 heteroatoms. The van der Waals surface area contributed by atoms with Crippen molar-refractivity contribution in [3.8, 4) is 34.2 Å². The van der Waals surface area contributed by atoms with Crippen LogP contribution in [0.15, 0.2) is 144 Å². The van der Waals surface area contributed by atoms with E-state index in [1.165, 1.54) is 42.1 Å². The average molecular weight is 648 g/mol. The molecule has 0 amide bonds. The van der Waals surface area contributed by atoms with Crippen molar-refractivity contribution in [3.63, 3.8) is 0 Å². The van der Waals surface area contributed by atoms with Crippen molar-refractivity contribution in [2.24, 2.45) is 0 Å². The van der Waals surface area contributed by atoms with E-state index in [9.17, 15) is 0 Å². The summed E-state index contributed by atoms with van der Waals surface area (Å²) in [6.45, 7) is 2.33. The van der Waals surface area contributed by atoms with E-state index in [1.807, 2.05) is 24.3 Å². The van der Waals surface area contributed by atoms with E-state index >= 15 is 0 Å². The summed E-state index contributed by atoms with van der Waals surface area (Å²) in [5.74, 6) is 2.95. The number of thiophene rings is 1. The maximum atomic E-state index is 6.28. The van der Waals surface area contributed by atoms with Gasteiger partial charge in [-0.2, -0.15) is 0 Å². The summed E-state index contributed by atoms with van der Waals surface area (Å²) in [6.07, 6.45) is 5.27. The third kappa shape index (κ3) is 4.46. The Bertz CT molecular complexity index is 2780. The third-order valence-corrected chi connectivity index (χ3v) is 11.2. The highest BCUT2D eigenvalue weighted by Gasteiger charge is 2.36. The van der Waals surface area contributed by atoms with Crippen LogP contribution in [0, 0.1) is 0 Å². The van der Waals surface area contributed by atoms with Gasteiger partial charge in [0.25, 0.3) is 0 Å². The van der Waals surface area contributed by atoms with Crippen LogP contribution in [0.1, 0.15) is 30.2 Å². The Morgan fingerprint density at radius 1 is 0.612 bits per heavy atom. The number of aromatic nitrogens is 3. The minimum Gasteiger partial charge on any atom is -0.456 e. The summed E-state index contributed by atoms with van der Waals surface area (Å²) in [6, 6.07) is 46.9. The Labute approximate surface area is 287 Å². The maximum Gasteiger partial charge on any atom is 0.164 e. The minimum absolute atomic E-state index is 0.204. The van der Waals surface area contributed by atoms with E-state index in [2.05, 4.69) is 128 Å². The fourth-order valence-corrected chi connectivity index (χ4v) is 8.68. The Morgan fingerprint density at radius 3 is 2.22 bits per heavy atom. The fourth-order valence-electron chi connectivity index (χ4n) is 7.55. The largest absolute Gasteiger partial charge is 0.456 e. The van der Waals surface area contributed by atoms with Crippen LogP contribution in [0.4, 0.5) is 0 Å².